The molecule has 0 atom stereocenters. The van der Waals surface area contributed by atoms with Crippen molar-refractivity contribution in [1.29, 1.82) is 0 Å². The molecule has 0 unspecified atom stereocenters. The first kappa shape index (κ1) is 19.4. The van der Waals surface area contributed by atoms with Gasteiger partial charge in [0.15, 0.2) is 0 Å². The summed E-state index contributed by atoms with van der Waals surface area (Å²) in [6, 6.07) is 20.4. The van der Waals surface area contributed by atoms with Crippen molar-refractivity contribution in [3.8, 4) is 16.9 Å². The van der Waals surface area contributed by atoms with Crippen LogP contribution in [0, 0.1) is 23.2 Å². The zero-order chi connectivity index (χ0) is 21.0. The van der Waals surface area contributed by atoms with Gasteiger partial charge in [0.2, 0.25) is 0 Å². The summed E-state index contributed by atoms with van der Waals surface area (Å²) in [5, 5.41) is 1.69. The van der Waals surface area contributed by atoms with Crippen LogP contribution in [0.1, 0.15) is 48.9 Å². The van der Waals surface area contributed by atoms with Gasteiger partial charge in [0, 0.05) is 11.0 Å². The lowest BCUT2D eigenvalue weighted by Gasteiger charge is -2.56. The predicted molar refractivity (Wildman–Crippen MR) is 126 cm³/mol. The summed E-state index contributed by atoms with van der Waals surface area (Å²) in [4.78, 5) is 11.4. The first-order valence-corrected chi connectivity index (χ1v) is 11.9. The molecule has 0 aromatic heterocycles. The predicted octanol–water partition coefficient (Wildman–Crippen LogP) is 7.48. The summed E-state index contributed by atoms with van der Waals surface area (Å²) in [6.07, 6.45) is 8.52. The number of ether oxygens (including phenoxy) is 1. The van der Waals surface area contributed by atoms with Gasteiger partial charge in [-0.2, -0.15) is 0 Å². The van der Waals surface area contributed by atoms with E-state index in [9.17, 15) is 4.79 Å². The van der Waals surface area contributed by atoms with Crippen molar-refractivity contribution in [2.24, 2.45) is 23.2 Å². The Morgan fingerprint density at radius 3 is 2.19 bits per heavy atom. The Balaban J connectivity index is 1.22. The van der Waals surface area contributed by atoms with Crippen LogP contribution in [0.2, 0.25) is 0 Å². The Morgan fingerprint density at radius 1 is 0.839 bits per heavy atom. The van der Waals surface area contributed by atoms with E-state index in [0.717, 1.165) is 52.0 Å². The standard InChI is InChI=1S/C28H27ClO2/c29-27(30)25-7-6-23-11-22(4-5-24(23)12-25)21-2-1-3-26(13-21)31-17-28-14-18-8-19(15-28)10-20(9-18)16-28/h1-7,11-13,18-20H,8-10,14-17H2. The third-order valence-corrected chi connectivity index (χ3v) is 8.16. The van der Waals surface area contributed by atoms with E-state index in [1.165, 1.54) is 38.5 Å². The van der Waals surface area contributed by atoms with Crippen LogP contribution >= 0.6 is 11.6 Å². The molecule has 0 spiro atoms. The highest BCUT2D eigenvalue weighted by Crippen LogP contribution is 2.60. The summed E-state index contributed by atoms with van der Waals surface area (Å²) < 4.78 is 6.43. The van der Waals surface area contributed by atoms with Crippen LogP contribution in [-0.2, 0) is 0 Å². The molecule has 0 radical (unpaired) electrons. The number of halogens is 1. The fourth-order valence-corrected chi connectivity index (χ4v) is 7.13. The van der Waals surface area contributed by atoms with Crippen LogP contribution in [0.5, 0.6) is 5.75 Å². The van der Waals surface area contributed by atoms with Gasteiger partial charge in [-0.15, -0.1) is 0 Å². The maximum atomic E-state index is 11.4. The molecule has 4 aliphatic rings. The zero-order valence-corrected chi connectivity index (χ0v) is 18.4. The Hall–Kier alpha value is -2.32. The first-order chi connectivity index (χ1) is 15.1. The summed E-state index contributed by atoms with van der Waals surface area (Å²) >= 11 is 5.62. The fourth-order valence-electron chi connectivity index (χ4n) is 7.02. The molecule has 4 aliphatic carbocycles. The number of benzene rings is 3. The molecule has 3 aromatic carbocycles. The normalized spacial score (nSPS) is 28.7. The van der Waals surface area contributed by atoms with Crippen molar-refractivity contribution in [2.45, 2.75) is 38.5 Å². The van der Waals surface area contributed by atoms with Gasteiger partial charge >= 0.3 is 0 Å². The zero-order valence-electron chi connectivity index (χ0n) is 17.6. The fraction of sp³-hybridized carbons (Fsp3) is 0.393. The molecule has 3 heteroatoms. The van der Waals surface area contributed by atoms with Gasteiger partial charge < -0.3 is 4.74 Å². The molecular formula is C28H27ClO2. The molecule has 4 bridgehead atoms. The highest BCUT2D eigenvalue weighted by Gasteiger charge is 2.51. The van der Waals surface area contributed by atoms with Crippen LogP contribution in [0.3, 0.4) is 0 Å². The second-order valence-corrected chi connectivity index (χ2v) is 10.6. The van der Waals surface area contributed by atoms with E-state index in [1.807, 2.05) is 12.1 Å². The topological polar surface area (TPSA) is 26.3 Å². The van der Waals surface area contributed by atoms with E-state index in [-0.39, 0.29) is 0 Å². The molecule has 0 amide bonds. The minimum atomic E-state index is -0.421. The molecule has 4 fully saturated rings. The molecule has 0 heterocycles. The van der Waals surface area contributed by atoms with Crippen molar-refractivity contribution in [2.75, 3.05) is 6.61 Å². The molecule has 3 aromatic rings. The number of hydrogen-bond acceptors (Lipinski definition) is 2. The van der Waals surface area contributed by atoms with Crippen LogP contribution in [-0.4, -0.2) is 11.8 Å². The van der Waals surface area contributed by atoms with Gasteiger partial charge in [-0.3, -0.25) is 4.79 Å². The highest BCUT2D eigenvalue weighted by molar-refractivity contribution is 6.67. The molecular weight excluding hydrogens is 404 g/mol. The average molecular weight is 431 g/mol. The van der Waals surface area contributed by atoms with E-state index in [4.69, 9.17) is 16.3 Å². The summed E-state index contributed by atoms with van der Waals surface area (Å²) in [7, 11) is 0. The molecule has 0 N–H and O–H groups in total. The van der Waals surface area contributed by atoms with Crippen LogP contribution in [0.25, 0.3) is 21.9 Å². The largest absolute Gasteiger partial charge is 0.493 e. The number of fused-ring (bicyclic) bond motifs is 1. The lowest BCUT2D eigenvalue weighted by atomic mass is 9.50. The number of rotatable bonds is 5. The maximum absolute atomic E-state index is 11.4. The van der Waals surface area contributed by atoms with Gasteiger partial charge in [-0.25, -0.2) is 0 Å². The third-order valence-electron chi connectivity index (χ3n) is 7.94. The van der Waals surface area contributed by atoms with Crippen molar-refractivity contribution < 1.29 is 9.53 Å². The van der Waals surface area contributed by atoms with Gasteiger partial charge in [0.25, 0.3) is 5.24 Å². The molecule has 31 heavy (non-hydrogen) atoms. The molecule has 0 saturated heterocycles. The van der Waals surface area contributed by atoms with Crippen molar-refractivity contribution >= 4 is 27.6 Å². The van der Waals surface area contributed by atoms with Crippen LogP contribution in [0.15, 0.2) is 60.7 Å². The van der Waals surface area contributed by atoms with Crippen LogP contribution < -0.4 is 4.74 Å². The Kier molecular flexibility index (Phi) is 4.61. The van der Waals surface area contributed by atoms with E-state index >= 15 is 0 Å². The minimum absolute atomic E-state index is 0.421. The lowest BCUT2D eigenvalue weighted by molar-refractivity contribution is -0.0745. The first-order valence-electron chi connectivity index (χ1n) is 11.5. The van der Waals surface area contributed by atoms with E-state index < -0.39 is 5.24 Å². The Bertz CT molecular complexity index is 1130. The SMILES string of the molecule is O=C(Cl)c1ccc2cc(-c3cccc(OCC45CC6CC(CC(C6)C4)C5)c3)ccc2c1. The van der Waals surface area contributed by atoms with E-state index in [0.29, 0.717) is 11.0 Å². The van der Waals surface area contributed by atoms with Gasteiger partial charge in [0.05, 0.1) is 6.61 Å². The number of hydrogen-bond donors (Lipinski definition) is 0. The van der Waals surface area contributed by atoms with Crippen molar-refractivity contribution in [1.82, 2.24) is 0 Å². The highest BCUT2D eigenvalue weighted by atomic mass is 35.5. The Labute approximate surface area is 188 Å². The lowest BCUT2D eigenvalue weighted by Crippen LogP contribution is -2.48. The minimum Gasteiger partial charge on any atom is -0.493 e. The molecule has 4 saturated carbocycles. The second-order valence-electron chi connectivity index (χ2n) is 10.3. The van der Waals surface area contributed by atoms with Crippen molar-refractivity contribution in [3.05, 3.63) is 66.2 Å². The van der Waals surface area contributed by atoms with Crippen LogP contribution in [0.4, 0.5) is 0 Å². The molecule has 7 rings (SSSR count). The van der Waals surface area contributed by atoms with E-state index in [1.54, 1.807) is 6.07 Å². The maximum Gasteiger partial charge on any atom is 0.252 e. The monoisotopic (exact) mass is 430 g/mol. The van der Waals surface area contributed by atoms with E-state index in [2.05, 4.69) is 42.5 Å². The molecule has 0 aliphatic heterocycles. The van der Waals surface area contributed by atoms with Gasteiger partial charge in [-0.1, -0.05) is 30.3 Å². The Morgan fingerprint density at radius 2 is 1.48 bits per heavy atom. The van der Waals surface area contributed by atoms with Crippen molar-refractivity contribution in [3.63, 3.8) is 0 Å². The smallest absolute Gasteiger partial charge is 0.252 e. The summed E-state index contributed by atoms with van der Waals surface area (Å²) in [5.41, 5.74) is 3.26. The third kappa shape index (κ3) is 3.65. The number of carbonyl (C=O) groups excluding carboxylic acids is 1. The quantitative estimate of drug-likeness (QED) is 0.392. The van der Waals surface area contributed by atoms with Gasteiger partial charge in [0.1, 0.15) is 5.75 Å². The summed E-state index contributed by atoms with van der Waals surface area (Å²) in [5.74, 6) is 3.83. The van der Waals surface area contributed by atoms with Gasteiger partial charge in [-0.05, 0) is 120 Å². The summed E-state index contributed by atoms with van der Waals surface area (Å²) in [6.45, 7) is 0.868. The molecule has 2 nitrogen and oxygen atoms in total. The average Bonchev–Trinajstić information content (AvgIpc) is 2.76. The second kappa shape index (κ2) is 7.38. The molecule has 158 valence electrons. The number of carbonyl (C=O) groups is 1.